The van der Waals surface area contributed by atoms with Crippen LogP contribution in [-0.4, -0.2) is 40.6 Å². The highest BCUT2D eigenvalue weighted by Gasteiger charge is 2.23. The van der Waals surface area contributed by atoms with E-state index >= 15 is 0 Å². The minimum absolute atomic E-state index is 0.0486. The highest BCUT2D eigenvalue weighted by molar-refractivity contribution is 5.78. The molecule has 0 aromatic heterocycles. The SMILES string of the molecule is CC(CC(=O)N(C(C)C)C(C)C)c1ccccc1OCC(=O)O. The van der Waals surface area contributed by atoms with Crippen molar-refractivity contribution in [1.82, 2.24) is 4.90 Å². The van der Waals surface area contributed by atoms with Gasteiger partial charge in [-0.15, -0.1) is 0 Å². The Morgan fingerprint density at radius 3 is 2.17 bits per heavy atom. The number of ether oxygens (including phenoxy) is 1. The molecule has 128 valence electrons. The number of aliphatic carboxylic acids is 1. The number of rotatable bonds is 8. The van der Waals surface area contributed by atoms with Crippen LogP contribution in [-0.2, 0) is 9.59 Å². The van der Waals surface area contributed by atoms with E-state index in [1.54, 1.807) is 12.1 Å². The van der Waals surface area contributed by atoms with Crippen molar-refractivity contribution in [3.63, 3.8) is 0 Å². The maximum atomic E-state index is 12.6. The van der Waals surface area contributed by atoms with Crippen LogP contribution in [0.5, 0.6) is 5.75 Å². The molecule has 5 heteroatoms. The molecule has 1 rings (SSSR count). The molecule has 0 spiro atoms. The second-order valence-electron chi connectivity index (χ2n) is 6.31. The summed E-state index contributed by atoms with van der Waals surface area (Å²) in [5.41, 5.74) is 0.856. The molecule has 5 nitrogen and oxygen atoms in total. The third-order valence-electron chi connectivity index (χ3n) is 3.68. The molecule has 0 aliphatic carbocycles. The number of carboxylic acid groups (broad SMARTS) is 1. The highest BCUT2D eigenvalue weighted by Crippen LogP contribution is 2.29. The molecular weight excluding hydrogens is 294 g/mol. The summed E-state index contributed by atoms with van der Waals surface area (Å²) in [6, 6.07) is 7.57. The number of carbonyl (C=O) groups excluding carboxylic acids is 1. The van der Waals surface area contributed by atoms with Crippen molar-refractivity contribution < 1.29 is 19.4 Å². The molecule has 1 N–H and O–H groups in total. The smallest absolute Gasteiger partial charge is 0.341 e. The number of amides is 1. The Morgan fingerprint density at radius 1 is 1.09 bits per heavy atom. The van der Waals surface area contributed by atoms with Gasteiger partial charge in [-0.1, -0.05) is 25.1 Å². The second-order valence-corrected chi connectivity index (χ2v) is 6.31. The van der Waals surface area contributed by atoms with E-state index in [2.05, 4.69) is 0 Å². The lowest BCUT2D eigenvalue weighted by atomic mass is 9.95. The van der Waals surface area contributed by atoms with Crippen molar-refractivity contribution >= 4 is 11.9 Å². The number of para-hydroxylation sites is 1. The van der Waals surface area contributed by atoms with Gasteiger partial charge < -0.3 is 14.7 Å². The summed E-state index contributed by atoms with van der Waals surface area (Å²) < 4.78 is 5.33. The summed E-state index contributed by atoms with van der Waals surface area (Å²) in [5, 5.41) is 8.76. The van der Waals surface area contributed by atoms with Gasteiger partial charge in [0, 0.05) is 18.5 Å². The standard InChI is InChI=1S/C18H27NO4/c1-12(2)19(13(3)4)17(20)10-14(5)15-8-6-7-9-16(15)23-11-18(21)22/h6-9,12-14H,10-11H2,1-5H3,(H,21,22). The maximum absolute atomic E-state index is 12.6. The third kappa shape index (κ3) is 5.58. The summed E-state index contributed by atoms with van der Waals surface area (Å²) in [4.78, 5) is 25.1. The lowest BCUT2D eigenvalue weighted by Gasteiger charge is -2.32. The third-order valence-corrected chi connectivity index (χ3v) is 3.68. The number of benzene rings is 1. The lowest BCUT2D eigenvalue weighted by Crippen LogP contribution is -2.42. The molecule has 0 aliphatic heterocycles. The van der Waals surface area contributed by atoms with Crippen LogP contribution in [0, 0.1) is 0 Å². The van der Waals surface area contributed by atoms with Crippen LogP contribution in [0.25, 0.3) is 0 Å². The van der Waals surface area contributed by atoms with Gasteiger partial charge in [-0.3, -0.25) is 4.79 Å². The van der Waals surface area contributed by atoms with Gasteiger partial charge in [0.15, 0.2) is 6.61 Å². The van der Waals surface area contributed by atoms with Crippen molar-refractivity contribution in [1.29, 1.82) is 0 Å². The van der Waals surface area contributed by atoms with Crippen molar-refractivity contribution in [2.24, 2.45) is 0 Å². The number of nitrogens with zero attached hydrogens (tertiary/aromatic N) is 1. The number of carboxylic acids is 1. The minimum atomic E-state index is -1.02. The highest BCUT2D eigenvalue weighted by atomic mass is 16.5. The molecule has 0 aliphatic rings. The van der Waals surface area contributed by atoms with Crippen molar-refractivity contribution in [2.75, 3.05) is 6.61 Å². The fourth-order valence-corrected chi connectivity index (χ4v) is 2.81. The van der Waals surface area contributed by atoms with Crippen LogP contribution < -0.4 is 4.74 Å². The van der Waals surface area contributed by atoms with Gasteiger partial charge in [-0.25, -0.2) is 4.79 Å². The van der Waals surface area contributed by atoms with Gasteiger partial charge in [0.25, 0.3) is 0 Å². The molecule has 0 saturated heterocycles. The molecule has 1 amide bonds. The van der Waals surface area contributed by atoms with Gasteiger partial charge in [-0.2, -0.15) is 0 Å². The van der Waals surface area contributed by atoms with E-state index < -0.39 is 5.97 Å². The first-order valence-corrected chi connectivity index (χ1v) is 7.98. The number of hydrogen-bond donors (Lipinski definition) is 1. The minimum Gasteiger partial charge on any atom is -0.482 e. The quantitative estimate of drug-likeness (QED) is 0.798. The predicted molar refractivity (Wildman–Crippen MR) is 89.7 cm³/mol. The zero-order valence-corrected chi connectivity index (χ0v) is 14.6. The second kappa shape index (κ2) is 8.56. The van der Waals surface area contributed by atoms with E-state index in [0.717, 1.165) is 5.56 Å². The Balaban J connectivity index is 2.87. The predicted octanol–water partition coefficient (Wildman–Crippen LogP) is 3.29. The molecule has 0 fully saturated rings. The lowest BCUT2D eigenvalue weighted by molar-refractivity contribution is -0.139. The van der Waals surface area contributed by atoms with E-state index in [0.29, 0.717) is 12.2 Å². The maximum Gasteiger partial charge on any atom is 0.341 e. The van der Waals surface area contributed by atoms with Gasteiger partial charge in [-0.05, 0) is 45.2 Å². The molecule has 0 heterocycles. The van der Waals surface area contributed by atoms with E-state index in [1.807, 2.05) is 51.7 Å². The van der Waals surface area contributed by atoms with Crippen LogP contribution in [0.15, 0.2) is 24.3 Å². The van der Waals surface area contributed by atoms with Gasteiger partial charge in [0.05, 0.1) is 0 Å². The topological polar surface area (TPSA) is 66.8 Å². The van der Waals surface area contributed by atoms with Crippen molar-refractivity contribution in [2.45, 2.75) is 59.0 Å². The van der Waals surface area contributed by atoms with Crippen molar-refractivity contribution in [3.05, 3.63) is 29.8 Å². The molecule has 1 atom stereocenters. The zero-order chi connectivity index (χ0) is 17.6. The fraction of sp³-hybridized carbons (Fsp3) is 0.556. The number of hydrogen-bond acceptors (Lipinski definition) is 3. The van der Waals surface area contributed by atoms with E-state index in [-0.39, 0.29) is 30.5 Å². The average molecular weight is 321 g/mol. The molecule has 1 aromatic carbocycles. The summed E-state index contributed by atoms with van der Waals surface area (Å²) >= 11 is 0. The summed E-state index contributed by atoms with van der Waals surface area (Å²) in [7, 11) is 0. The molecule has 0 saturated carbocycles. The molecule has 23 heavy (non-hydrogen) atoms. The van der Waals surface area contributed by atoms with Gasteiger partial charge >= 0.3 is 5.97 Å². The molecule has 0 radical (unpaired) electrons. The Hall–Kier alpha value is -2.04. The number of carbonyl (C=O) groups is 2. The first-order chi connectivity index (χ1) is 10.7. The summed E-state index contributed by atoms with van der Waals surface area (Å²) in [5.74, 6) is -0.451. The average Bonchev–Trinajstić information content (AvgIpc) is 2.44. The summed E-state index contributed by atoms with van der Waals surface area (Å²) in [6.45, 7) is 9.60. The first-order valence-electron chi connectivity index (χ1n) is 7.98. The Labute approximate surface area is 138 Å². The van der Waals surface area contributed by atoms with Crippen LogP contribution in [0.2, 0.25) is 0 Å². The van der Waals surface area contributed by atoms with Crippen LogP contribution in [0.4, 0.5) is 0 Å². The monoisotopic (exact) mass is 321 g/mol. The van der Waals surface area contributed by atoms with Gasteiger partial charge in [0.1, 0.15) is 5.75 Å². The van der Waals surface area contributed by atoms with E-state index in [4.69, 9.17) is 9.84 Å². The molecule has 1 unspecified atom stereocenters. The van der Waals surface area contributed by atoms with Gasteiger partial charge in [0.2, 0.25) is 5.91 Å². The van der Waals surface area contributed by atoms with Crippen LogP contribution in [0.3, 0.4) is 0 Å². The Bertz CT molecular complexity index is 532. The van der Waals surface area contributed by atoms with E-state index in [9.17, 15) is 9.59 Å². The molecular formula is C18H27NO4. The van der Waals surface area contributed by atoms with Crippen molar-refractivity contribution in [3.8, 4) is 5.75 Å². The largest absolute Gasteiger partial charge is 0.482 e. The molecule has 1 aromatic rings. The Kier molecular flexibility index (Phi) is 7.07. The zero-order valence-electron chi connectivity index (χ0n) is 14.6. The Morgan fingerprint density at radius 2 is 1.65 bits per heavy atom. The molecule has 0 bridgehead atoms. The van der Waals surface area contributed by atoms with E-state index in [1.165, 1.54) is 0 Å². The first kappa shape index (κ1) is 19.0. The van der Waals surface area contributed by atoms with Crippen LogP contribution >= 0.6 is 0 Å². The fourth-order valence-electron chi connectivity index (χ4n) is 2.81. The normalized spacial score (nSPS) is 12.3. The van der Waals surface area contributed by atoms with Crippen LogP contribution in [0.1, 0.15) is 52.5 Å². The summed E-state index contributed by atoms with van der Waals surface area (Å²) in [6.07, 6.45) is 0.365.